The first-order valence-electron chi connectivity index (χ1n) is 7.47. The van der Waals surface area contributed by atoms with Crippen molar-refractivity contribution < 1.29 is 4.74 Å². The Morgan fingerprint density at radius 2 is 1.80 bits per heavy atom. The van der Waals surface area contributed by atoms with E-state index in [0.717, 1.165) is 15.7 Å². The average Bonchev–Trinajstić information content (AvgIpc) is 2.60. The van der Waals surface area contributed by atoms with E-state index in [9.17, 15) is 0 Å². The molecular weight excluding hydrogens is 384 g/mol. The summed E-state index contributed by atoms with van der Waals surface area (Å²) in [4.78, 5) is 12.7. The molecule has 128 valence electrons. The third kappa shape index (κ3) is 3.97. The molecule has 0 aliphatic rings. The van der Waals surface area contributed by atoms with Crippen LogP contribution in [0.5, 0.6) is 5.75 Å². The van der Waals surface area contributed by atoms with Crippen molar-refractivity contribution in [2.75, 3.05) is 23.5 Å². The van der Waals surface area contributed by atoms with Gasteiger partial charge >= 0.3 is 0 Å². The van der Waals surface area contributed by atoms with Gasteiger partial charge < -0.3 is 21.1 Å². The van der Waals surface area contributed by atoms with E-state index in [-0.39, 0.29) is 0 Å². The maximum absolute atomic E-state index is 6.21. The summed E-state index contributed by atoms with van der Waals surface area (Å²) in [7, 11) is 1.62. The van der Waals surface area contributed by atoms with Gasteiger partial charge in [0, 0.05) is 10.7 Å². The Balaban J connectivity index is 1.88. The molecule has 0 saturated carbocycles. The van der Waals surface area contributed by atoms with Crippen molar-refractivity contribution in [3.05, 3.63) is 52.9 Å². The van der Waals surface area contributed by atoms with Gasteiger partial charge in [0.25, 0.3) is 0 Å². The number of nitrogen functional groups attached to an aromatic ring is 1. The summed E-state index contributed by atoms with van der Waals surface area (Å²) in [5.41, 5.74) is 8.47. The van der Waals surface area contributed by atoms with E-state index < -0.39 is 0 Å². The van der Waals surface area contributed by atoms with Crippen LogP contribution in [0.2, 0.25) is 0 Å². The Morgan fingerprint density at radius 3 is 2.48 bits per heavy atom. The van der Waals surface area contributed by atoms with Gasteiger partial charge in [-0.05, 0) is 52.7 Å². The number of aromatic nitrogens is 3. The van der Waals surface area contributed by atoms with E-state index in [1.165, 1.54) is 6.33 Å². The van der Waals surface area contributed by atoms with Gasteiger partial charge in [-0.1, -0.05) is 6.07 Å². The van der Waals surface area contributed by atoms with E-state index in [0.29, 0.717) is 28.9 Å². The minimum Gasteiger partial charge on any atom is -0.495 e. The van der Waals surface area contributed by atoms with Gasteiger partial charge in [-0.25, -0.2) is 15.0 Å². The first kappa shape index (κ1) is 17.0. The van der Waals surface area contributed by atoms with Crippen molar-refractivity contribution in [3.8, 4) is 5.75 Å². The molecule has 1 aromatic carbocycles. The quantitative estimate of drug-likeness (QED) is 0.594. The monoisotopic (exact) mass is 400 g/mol. The van der Waals surface area contributed by atoms with Gasteiger partial charge in [-0.2, -0.15) is 0 Å². The highest BCUT2D eigenvalue weighted by Crippen LogP contribution is 2.32. The molecule has 0 aliphatic carbocycles. The van der Waals surface area contributed by atoms with Gasteiger partial charge in [0.05, 0.1) is 12.8 Å². The molecule has 0 aliphatic heterocycles. The Hall–Kier alpha value is -2.87. The molecule has 3 aromatic rings. The third-order valence-electron chi connectivity index (χ3n) is 3.47. The molecule has 0 bridgehead atoms. The number of hydrogen-bond donors (Lipinski definition) is 3. The Bertz CT molecular complexity index is 885. The number of benzene rings is 1. The summed E-state index contributed by atoms with van der Waals surface area (Å²) in [5, 5.41) is 6.29. The molecule has 0 fully saturated rings. The summed E-state index contributed by atoms with van der Waals surface area (Å²) in [6.45, 7) is 2.00. The number of aryl methyl sites for hydroxylation is 1. The molecule has 0 amide bonds. The average molecular weight is 401 g/mol. The van der Waals surface area contributed by atoms with E-state index in [4.69, 9.17) is 10.5 Å². The second-order valence-corrected chi connectivity index (χ2v) is 6.22. The summed E-state index contributed by atoms with van der Waals surface area (Å²) < 4.78 is 6.26. The summed E-state index contributed by atoms with van der Waals surface area (Å²) in [6, 6.07) is 9.52. The predicted molar refractivity (Wildman–Crippen MR) is 103 cm³/mol. The highest BCUT2D eigenvalue weighted by atomic mass is 79.9. The molecule has 3 rings (SSSR count). The number of halogens is 1. The van der Waals surface area contributed by atoms with Crippen LogP contribution < -0.4 is 21.1 Å². The van der Waals surface area contributed by atoms with Crippen LogP contribution in [0.25, 0.3) is 0 Å². The topological polar surface area (TPSA) is 98.0 Å². The number of methoxy groups -OCH3 is 1. The largest absolute Gasteiger partial charge is 0.495 e. The lowest BCUT2D eigenvalue weighted by atomic mass is 10.2. The van der Waals surface area contributed by atoms with E-state index >= 15 is 0 Å². The van der Waals surface area contributed by atoms with Crippen molar-refractivity contribution in [2.24, 2.45) is 0 Å². The molecule has 0 atom stereocenters. The highest BCUT2D eigenvalue weighted by molar-refractivity contribution is 9.10. The molecule has 25 heavy (non-hydrogen) atoms. The molecule has 0 unspecified atom stereocenters. The van der Waals surface area contributed by atoms with Gasteiger partial charge in [0.2, 0.25) is 0 Å². The van der Waals surface area contributed by atoms with Gasteiger partial charge in [-0.3, -0.25) is 0 Å². The van der Waals surface area contributed by atoms with Crippen LogP contribution in [0.1, 0.15) is 5.56 Å². The number of nitrogens with two attached hydrogens (primary N) is 1. The number of nitrogens with one attached hydrogen (secondary N) is 2. The fraction of sp³-hybridized carbons (Fsp3) is 0.118. The first-order chi connectivity index (χ1) is 12.1. The second-order valence-electron chi connectivity index (χ2n) is 5.30. The van der Waals surface area contributed by atoms with Crippen LogP contribution in [-0.4, -0.2) is 22.1 Å². The third-order valence-corrected chi connectivity index (χ3v) is 3.93. The van der Waals surface area contributed by atoms with E-state index in [2.05, 4.69) is 41.5 Å². The first-order valence-corrected chi connectivity index (χ1v) is 8.27. The van der Waals surface area contributed by atoms with E-state index in [1.54, 1.807) is 13.3 Å². The smallest absolute Gasteiger partial charge is 0.160 e. The molecule has 7 nitrogen and oxygen atoms in total. The van der Waals surface area contributed by atoms with Crippen molar-refractivity contribution in [1.82, 2.24) is 15.0 Å². The van der Waals surface area contributed by atoms with Crippen LogP contribution in [0.4, 0.5) is 28.8 Å². The Morgan fingerprint density at radius 1 is 1.04 bits per heavy atom. The fourth-order valence-electron chi connectivity index (χ4n) is 2.21. The lowest BCUT2D eigenvalue weighted by molar-refractivity contribution is 0.416. The fourth-order valence-corrected chi connectivity index (χ4v) is 2.45. The van der Waals surface area contributed by atoms with Crippen LogP contribution in [0.15, 0.2) is 47.3 Å². The SMILES string of the molecule is COc1ccc(C)cc1Nc1ncnc(Nc2ccc(Br)cn2)c1N. The minimum atomic E-state index is 0.385. The summed E-state index contributed by atoms with van der Waals surface area (Å²) in [6.07, 6.45) is 3.12. The van der Waals surface area contributed by atoms with Crippen molar-refractivity contribution in [1.29, 1.82) is 0 Å². The Labute approximate surface area is 153 Å². The summed E-state index contributed by atoms with van der Waals surface area (Å²) >= 11 is 3.35. The second kappa shape index (κ2) is 7.35. The zero-order chi connectivity index (χ0) is 17.8. The molecular formula is C17H17BrN6O. The molecule has 0 spiro atoms. The maximum atomic E-state index is 6.21. The molecule has 2 aromatic heterocycles. The number of nitrogens with zero attached hydrogens (tertiary/aromatic N) is 3. The standard InChI is InChI=1S/C17H17BrN6O/c1-10-3-5-13(25-2)12(7-10)23-16-15(19)17(22-9-21-16)24-14-6-4-11(18)8-20-14/h3-9H,19H2,1-2H3,(H2,20,21,22,23,24). The van der Waals surface area contributed by atoms with Crippen molar-refractivity contribution in [2.45, 2.75) is 6.92 Å². The number of pyridine rings is 1. The van der Waals surface area contributed by atoms with E-state index in [1.807, 2.05) is 37.3 Å². The van der Waals surface area contributed by atoms with Crippen LogP contribution in [-0.2, 0) is 0 Å². The predicted octanol–water partition coefficient (Wildman–Crippen LogP) is 4.02. The van der Waals surface area contributed by atoms with Gasteiger partial charge in [-0.15, -0.1) is 0 Å². The summed E-state index contributed by atoms with van der Waals surface area (Å²) in [5.74, 6) is 2.29. The van der Waals surface area contributed by atoms with Crippen molar-refractivity contribution >= 4 is 44.8 Å². The van der Waals surface area contributed by atoms with Gasteiger partial charge in [0.1, 0.15) is 23.6 Å². The molecule has 2 heterocycles. The zero-order valence-electron chi connectivity index (χ0n) is 13.7. The van der Waals surface area contributed by atoms with Crippen molar-refractivity contribution in [3.63, 3.8) is 0 Å². The van der Waals surface area contributed by atoms with Gasteiger partial charge in [0.15, 0.2) is 11.6 Å². The lowest BCUT2D eigenvalue weighted by Gasteiger charge is -2.14. The van der Waals surface area contributed by atoms with Crippen LogP contribution in [0.3, 0.4) is 0 Å². The molecule has 8 heteroatoms. The maximum Gasteiger partial charge on any atom is 0.160 e. The normalized spacial score (nSPS) is 10.4. The van der Waals surface area contributed by atoms with Crippen LogP contribution in [0, 0.1) is 6.92 Å². The molecule has 4 N–H and O–H groups in total. The lowest BCUT2D eigenvalue weighted by Crippen LogP contribution is -2.06. The molecule has 0 saturated heterocycles. The zero-order valence-corrected chi connectivity index (χ0v) is 15.3. The Kier molecular flexibility index (Phi) is 4.99. The number of hydrogen-bond acceptors (Lipinski definition) is 7. The number of rotatable bonds is 5. The highest BCUT2D eigenvalue weighted by Gasteiger charge is 2.11. The van der Waals surface area contributed by atoms with Crippen LogP contribution >= 0.6 is 15.9 Å². The minimum absolute atomic E-state index is 0.385. The number of anilines is 5. The molecule has 0 radical (unpaired) electrons. The number of ether oxygens (including phenoxy) is 1.